The molecule has 0 aliphatic heterocycles. The van der Waals surface area contributed by atoms with Gasteiger partial charge in [-0.1, -0.05) is 17.3 Å². The Morgan fingerprint density at radius 2 is 2.00 bits per heavy atom. The van der Waals surface area contributed by atoms with Crippen LogP contribution in [0.25, 0.3) is 11.4 Å². The number of hydrogen-bond donors (Lipinski definition) is 1. The normalized spacial score (nSPS) is 11.6. The first kappa shape index (κ1) is 10.9. The van der Waals surface area contributed by atoms with Crippen molar-refractivity contribution in [2.75, 3.05) is 0 Å². The molecule has 8 heteroatoms. The van der Waals surface area contributed by atoms with Gasteiger partial charge in [-0.05, 0) is 12.1 Å². The van der Waals surface area contributed by atoms with Crippen molar-refractivity contribution >= 4 is 19.7 Å². The van der Waals surface area contributed by atoms with Gasteiger partial charge in [-0.2, -0.15) is 0 Å². The Hall–Kier alpha value is -1.60. The molecule has 6 nitrogen and oxygen atoms in total. The van der Waals surface area contributed by atoms with E-state index in [1.807, 2.05) is 0 Å². The SMILES string of the molecule is O=c1[nH]c(-c2ccccc2S(=O)(=O)Cl)no1. The monoisotopic (exact) mass is 260 g/mol. The number of benzene rings is 1. The Labute approximate surface area is 94.3 Å². The molecule has 16 heavy (non-hydrogen) atoms. The molecule has 1 aromatic carbocycles. The Morgan fingerprint density at radius 3 is 2.56 bits per heavy atom. The van der Waals surface area contributed by atoms with Crippen molar-refractivity contribution in [3.63, 3.8) is 0 Å². The van der Waals surface area contributed by atoms with Crippen LogP contribution in [-0.2, 0) is 9.05 Å². The Morgan fingerprint density at radius 1 is 1.31 bits per heavy atom. The van der Waals surface area contributed by atoms with E-state index in [0.29, 0.717) is 0 Å². The highest BCUT2D eigenvalue weighted by molar-refractivity contribution is 8.13. The minimum Gasteiger partial charge on any atom is -0.296 e. The highest BCUT2D eigenvalue weighted by Gasteiger charge is 2.18. The van der Waals surface area contributed by atoms with Crippen molar-refractivity contribution in [2.45, 2.75) is 4.90 Å². The third-order valence-electron chi connectivity index (χ3n) is 1.85. The first-order valence-electron chi connectivity index (χ1n) is 4.08. The summed E-state index contributed by atoms with van der Waals surface area (Å²) in [6.45, 7) is 0. The summed E-state index contributed by atoms with van der Waals surface area (Å²) < 4.78 is 26.8. The second-order valence-electron chi connectivity index (χ2n) is 2.88. The average Bonchev–Trinajstić information content (AvgIpc) is 2.64. The molecule has 1 heterocycles. The maximum atomic E-state index is 11.2. The number of nitrogens with one attached hydrogen (secondary N) is 1. The fourth-order valence-corrected chi connectivity index (χ4v) is 2.29. The topological polar surface area (TPSA) is 93.0 Å². The number of aromatic nitrogens is 2. The molecule has 0 saturated carbocycles. The lowest BCUT2D eigenvalue weighted by Crippen LogP contribution is -1.98. The van der Waals surface area contributed by atoms with Crippen LogP contribution in [0.3, 0.4) is 0 Å². The van der Waals surface area contributed by atoms with E-state index in [9.17, 15) is 13.2 Å². The van der Waals surface area contributed by atoms with Crippen molar-refractivity contribution < 1.29 is 12.9 Å². The highest BCUT2D eigenvalue weighted by atomic mass is 35.7. The standard InChI is InChI=1S/C8H5ClN2O4S/c9-16(13,14)6-4-2-1-3-5(6)7-10-8(12)15-11-7/h1-4H,(H,10,11,12). The van der Waals surface area contributed by atoms with Crippen molar-refractivity contribution in [3.8, 4) is 11.4 Å². The van der Waals surface area contributed by atoms with E-state index in [1.165, 1.54) is 18.2 Å². The maximum Gasteiger partial charge on any atom is 0.439 e. The maximum absolute atomic E-state index is 11.2. The van der Waals surface area contributed by atoms with E-state index >= 15 is 0 Å². The minimum absolute atomic E-state index is 0.0184. The molecule has 2 rings (SSSR count). The van der Waals surface area contributed by atoms with Crippen LogP contribution in [0.5, 0.6) is 0 Å². The fourth-order valence-electron chi connectivity index (χ4n) is 1.22. The van der Waals surface area contributed by atoms with E-state index in [4.69, 9.17) is 10.7 Å². The van der Waals surface area contributed by atoms with Crippen LogP contribution in [-0.4, -0.2) is 18.6 Å². The lowest BCUT2D eigenvalue weighted by atomic mass is 10.2. The van der Waals surface area contributed by atoms with Crippen molar-refractivity contribution in [2.24, 2.45) is 0 Å². The van der Waals surface area contributed by atoms with Gasteiger partial charge in [0.2, 0.25) is 0 Å². The summed E-state index contributed by atoms with van der Waals surface area (Å²) in [6.07, 6.45) is 0. The summed E-state index contributed by atoms with van der Waals surface area (Å²) in [5.41, 5.74) is 0.184. The van der Waals surface area contributed by atoms with E-state index in [2.05, 4.69) is 14.7 Å². The molecule has 0 aliphatic carbocycles. The number of hydrogen-bond acceptors (Lipinski definition) is 5. The summed E-state index contributed by atoms with van der Waals surface area (Å²) in [4.78, 5) is 12.9. The molecule has 1 N–H and O–H groups in total. The molecule has 0 spiro atoms. The Balaban J connectivity index is 2.71. The van der Waals surface area contributed by atoms with Gasteiger partial charge in [0.1, 0.15) is 0 Å². The van der Waals surface area contributed by atoms with Crippen molar-refractivity contribution in [1.82, 2.24) is 10.1 Å². The molecule has 0 fully saturated rings. The van der Waals surface area contributed by atoms with Crippen LogP contribution in [0, 0.1) is 0 Å². The lowest BCUT2D eigenvalue weighted by Gasteiger charge is -2.01. The van der Waals surface area contributed by atoms with Crippen molar-refractivity contribution in [1.29, 1.82) is 0 Å². The molecule has 84 valence electrons. The van der Waals surface area contributed by atoms with Crippen LogP contribution in [0.4, 0.5) is 0 Å². The summed E-state index contributed by atoms with van der Waals surface area (Å²) in [7, 11) is 1.34. The fraction of sp³-hybridized carbons (Fsp3) is 0. The molecule has 1 aromatic heterocycles. The van der Waals surface area contributed by atoms with Crippen LogP contribution in [0.2, 0.25) is 0 Å². The quantitative estimate of drug-likeness (QED) is 0.812. The molecule has 0 bridgehead atoms. The summed E-state index contributed by atoms with van der Waals surface area (Å²) in [5, 5.41) is 3.39. The van der Waals surface area contributed by atoms with Crippen molar-refractivity contribution in [3.05, 3.63) is 34.8 Å². The molecule has 0 unspecified atom stereocenters. The predicted molar refractivity (Wildman–Crippen MR) is 55.6 cm³/mol. The second-order valence-corrected chi connectivity index (χ2v) is 5.41. The van der Waals surface area contributed by atoms with Gasteiger partial charge in [-0.3, -0.25) is 9.51 Å². The van der Waals surface area contributed by atoms with Gasteiger partial charge in [0, 0.05) is 16.2 Å². The number of halogens is 1. The van der Waals surface area contributed by atoms with Gasteiger partial charge in [-0.25, -0.2) is 13.2 Å². The molecular weight excluding hydrogens is 256 g/mol. The van der Waals surface area contributed by atoms with E-state index in [-0.39, 0.29) is 16.3 Å². The molecule has 0 atom stereocenters. The molecule has 2 aromatic rings. The zero-order chi connectivity index (χ0) is 11.8. The van der Waals surface area contributed by atoms with Crippen LogP contribution < -0.4 is 5.76 Å². The third kappa shape index (κ3) is 2.00. The Kier molecular flexibility index (Phi) is 2.56. The van der Waals surface area contributed by atoms with Gasteiger partial charge in [0.05, 0.1) is 4.90 Å². The first-order chi connectivity index (χ1) is 7.48. The zero-order valence-corrected chi connectivity index (χ0v) is 9.25. The summed E-state index contributed by atoms with van der Waals surface area (Å²) >= 11 is 0. The second kappa shape index (κ2) is 3.76. The molecule has 0 saturated heterocycles. The van der Waals surface area contributed by atoms with Crippen LogP contribution in [0.1, 0.15) is 0 Å². The smallest absolute Gasteiger partial charge is 0.296 e. The molecule has 0 radical (unpaired) electrons. The summed E-state index contributed by atoms with van der Waals surface area (Å²) in [5.74, 6) is -0.749. The lowest BCUT2D eigenvalue weighted by molar-refractivity contribution is 0.388. The third-order valence-corrected chi connectivity index (χ3v) is 3.23. The molecule has 0 aliphatic rings. The van der Waals surface area contributed by atoms with Crippen LogP contribution >= 0.6 is 10.7 Å². The first-order valence-corrected chi connectivity index (χ1v) is 6.39. The average molecular weight is 261 g/mol. The molecular formula is C8H5ClN2O4S. The largest absolute Gasteiger partial charge is 0.439 e. The number of aromatic amines is 1. The molecule has 0 amide bonds. The number of rotatable bonds is 2. The zero-order valence-electron chi connectivity index (χ0n) is 7.68. The van der Waals surface area contributed by atoms with E-state index in [1.54, 1.807) is 6.07 Å². The highest BCUT2D eigenvalue weighted by Crippen LogP contribution is 2.26. The van der Waals surface area contributed by atoms with Gasteiger partial charge < -0.3 is 0 Å². The van der Waals surface area contributed by atoms with E-state index < -0.39 is 14.8 Å². The van der Waals surface area contributed by atoms with Gasteiger partial charge in [-0.15, -0.1) is 0 Å². The number of nitrogens with zero attached hydrogens (tertiary/aromatic N) is 1. The van der Waals surface area contributed by atoms with Crippen LogP contribution in [0.15, 0.2) is 38.5 Å². The minimum atomic E-state index is -3.90. The van der Waals surface area contributed by atoms with E-state index in [0.717, 1.165) is 0 Å². The van der Waals surface area contributed by atoms with Gasteiger partial charge in [0.25, 0.3) is 9.05 Å². The summed E-state index contributed by atoms with van der Waals surface area (Å²) in [6, 6.07) is 5.87. The van der Waals surface area contributed by atoms with Gasteiger partial charge >= 0.3 is 5.76 Å². The predicted octanol–water partition coefficient (Wildman–Crippen LogP) is 0.957. The Bertz CT molecular complexity index is 673. The number of H-pyrrole nitrogens is 1. The van der Waals surface area contributed by atoms with Gasteiger partial charge in [0.15, 0.2) is 5.82 Å².